The topological polar surface area (TPSA) is 41.5 Å². The predicted octanol–water partition coefficient (Wildman–Crippen LogP) is 2.13. The second-order valence-electron chi connectivity index (χ2n) is 4.58. The van der Waals surface area contributed by atoms with Crippen LogP contribution in [0.4, 0.5) is 18.9 Å². The van der Waals surface area contributed by atoms with E-state index >= 15 is 0 Å². The van der Waals surface area contributed by atoms with Gasteiger partial charge in [0.05, 0.1) is 30.8 Å². The third-order valence-electron chi connectivity index (χ3n) is 3.03. The molecule has 2 N–H and O–H groups in total. The molecule has 0 atom stereocenters. The Kier molecular flexibility index (Phi) is 3.49. The van der Waals surface area contributed by atoms with Crippen molar-refractivity contribution in [2.75, 3.05) is 31.7 Å². The molecular weight excluding hydrogens is 247 g/mol. The van der Waals surface area contributed by atoms with Gasteiger partial charge < -0.3 is 15.2 Å². The molecule has 100 valence electrons. The number of alkyl halides is 3. The van der Waals surface area contributed by atoms with E-state index in [2.05, 4.69) is 5.32 Å². The molecule has 6 heteroatoms. The molecule has 1 aromatic carbocycles. The predicted molar refractivity (Wildman–Crippen MR) is 60.3 cm³/mol. The van der Waals surface area contributed by atoms with Crippen molar-refractivity contribution in [3.05, 3.63) is 29.8 Å². The molecule has 18 heavy (non-hydrogen) atoms. The number of nitrogens with one attached hydrogen (secondary N) is 1. The number of rotatable bonds is 4. The summed E-state index contributed by atoms with van der Waals surface area (Å²) >= 11 is 0. The van der Waals surface area contributed by atoms with Gasteiger partial charge in [-0.25, -0.2) is 0 Å². The van der Waals surface area contributed by atoms with Gasteiger partial charge in [0.15, 0.2) is 0 Å². The Hall–Kier alpha value is -1.27. The summed E-state index contributed by atoms with van der Waals surface area (Å²) in [5.41, 5.74) is -0.373. The minimum Gasteiger partial charge on any atom is -0.396 e. The van der Waals surface area contributed by atoms with Crippen molar-refractivity contribution in [3.63, 3.8) is 0 Å². The SMILES string of the molecule is OCC1(CNc2ccc(C(F)(F)F)cc2)COC1. The summed E-state index contributed by atoms with van der Waals surface area (Å²) in [6.07, 6.45) is -4.31. The summed E-state index contributed by atoms with van der Waals surface area (Å²) in [4.78, 5) is 0. The minimum absolute atomic E-state index is 0.000630. The van der Waals surface area contributed by atoms with Gasteiger partial charge in [0.1, 0.15) is 0 Å². The number of benzene rings is 1. The van der Waals surface area contributed by atoms with Crippen LogP contribution in [0.25, 0.3) is 0 Å². The van der Waals surface area contributed by atoms with Gasteiger partial charge in [-0.15, -0.1) is 0 Å². The highest BCUT2D eigenvalue weighted by atomic mass is 19.4. The Morgan fingerprint density at radius 3 is 2.22 bits per heavy atom. The van der Waals surface area contributed by atoms with E-state index in [-0.39, 0.29) is 12.0 Å². The molecule has 0 amide bonds. The number of ether oxygens (including phenoxy) is 1. The average molecular weight is 261 g/mol. The maximum absolute atomic E-state index is 12.3. The van der Waals surface area contributed by atoms with Gasteiger partial charge in [-0.05, 0) is 24.3 Å². The smallest absolute Gasteiger partial charge is 0.396 e. The fourth-order valence-corrected chi connectivity index (χ4v) is 1.71. The molecule has 1 aliphatic heterocycles. The molecule has 1 heterocycles. The van der Waals surface area contributed by atoms with E-state index in [1.807, 2.05) is 0 Å². The lowest BCUT2D eigenvalue weighted by molar-refractivity contribution is -0.137. The summed E-state index contributed by atoms with van der Waals surface area (Å²) in [5.74, 6) is 0. The zero-order chi connectivity index (χ0) is 13.2. The van der Waals surface area contributed by atoms with Gasteiger partial charge >= 0.3 is 6.18 Å². The van der Waals surface area contributed by atoms with Crippen LogP contribution >= 0.6 is 0 Å². The normalized spacial score (nSPS) is 18.2. The summed E-state index contributed by atoms with van der Waals surface area (Å²) in [7, 11) is 0. The summed E-state index contributed by atoms with van der Waals surface area (Å²) in [5, 5.41) is 12.2. The van der Waals surface area contributed by atoms with Crippen LogP contribution in [0.3, 0.4) is 0 Å². The largest absolute Gasteiger partial charge is 0.416 e. The lowest BCUT2D eigenvalue weighted by Crippen LogP contribution is -2.50. The van der Waals surface area contributed by atoms with Gasteiger partial charge in [-0.1, -0.05) is 0 Å². The van der Waals surface area contributed by atoms with E-state index in [0.29, 0.717) is 25.4 Å². The van der Waals surface area contributed by atoms with Gasteiger partial charge in [-0.3, -0.25) is 0 Å². The first kappa shape index (κ1) is 13.2. The maximum atomic E-state index is 12.3. The highest BCUT2D eigenvalue weighted by Crippen LogP contribution is 2.31. The minimum atomic E-state index is -4.31. The monoisotopic (exact) mass is 261 g/mol. The Balaban J connectivity index is 1.94. The maximum Gasteiger partial charge on any atom is 0.416 e. The third-order valence-corrected chi connectivity index (χ3v) is 3.03. The number of aliphatic hydroxyl groups is 1. The van der Waals surface area contributed by atoms with Crippen molar-refractivity contribution in [3.8, 4) is 0 Å². The molecular formula is C12H14F3NO2. The molecule has 0 saturated carbocycles. The lowest BCUT2D eigenvalue weighted by atomic mass is 9.87. The van der Waals surface area contributed by atoms with Crippen LogP contribution in [0.5, 0.6) is 0 Å². The molecule has 0 aliphatic carbocycles. The molecule has 3 nitrogen and oxygen atoms in total. The average Bonchev–Trinajstić information content (AvgIpc) is 2.28. The van der Waals surface area contributed by atoms with E-state index in [9.17, 15) is 18.3 Å². The second kappa shape index (κ2) is 4.78. The van der Waals surface area contributed by atoms with Gasteiger partial charge in [0, 0.05) is 12.2 Å². The van der Waals surface area contributed by atoms with Crippen LogP contribution < -0.4 is 5.32 Å². The van der Waals surface area contributed by atoms with Crippen LogP contribution in [-0.4, -0.2) is 31.5 Å². The van der Waals surface area contributed by atoms with Crippen LogP contribution in [0, 0.1) is 5.41 Å². The van der Waals surface area contributed by atoms with Crippen molar-refractivity contribution >= 4 is 5.69 Å². The Morgan fingerprint density at radius 2 is 1.83 bits per heavy atom. The molecule has 0 radical (unpaired) electrons. The van der Waals surface area contributed by atoms with Crippen molar-refractivity contribution in [2.45, 2.75) is 6.18 Å². The van der Waals surface area contributed by atoms with E-state index in [0.717, 1.165) is 12.1 Å². The Labute approximate surface area is 103 Å². The zero-order valence-electron chi connectivity index (χ0n) is 9.63. The molecule has 1 aliphatic rings. The molecule has 1 fully saturated rings. The van der Waals surface area contributed by atoms with Crippen molar-refractivity contribution in [2.24, 2.45) is 5.41 Å². The fourth-order valence-electron chi connectivity index (χ4n) is 1.71. The lowest BCUT2D eigenvalue weighted by Gasteiger charge is -2.40. The fraction of sp³-hybridized carbons (Fsp3) is 0.500. The van der Waals surface area contributed by atoms with Gasteiger partial charge in [0.2, 0.25) is 0 Å². The molecule has 0 aromatic heterocycles. The molecule has 1 saturated heterocycles. The summed E-state index contributed by atoms with van der Waals surface area (Å²) in [6.45, 7) is 1.42. The number of hydrogen-bond acceptors (Lipinski definition) is 3. The van der Waals surface area contributed by atoms with Gasteiger partial charge in [0.25, 0.3) is 0 Å². The summed E-state index contributed by atoms with van der Waals surface area (Å²) < 4.78 is 42.1. The first-order valence-electron chi connectivity index (χ1n) is 5.55. The van der Waals surface area contributed by atoms with Crippen molar-refractivity contribution in [1.82, 2.24) is 0 Å². The molecule has 1 aromatic rings. The standard InChI is InChI=1S/C12H14F3NO2/c13-12(14,15)9-1-3-10(4-2-9)16-5-11(6-17)7-18-8-11/h1-4,16-17H,5-8H2. The van der Waals surface area contributed by atoms with Crippen molar-refractivity contribution in [1.29, 1.82) is 0 Å². The van der Waals surface area contributed by atoms with Crippen LogP contribution in [-0.2, 0) is 10.9 Å². The van der Waals surface area contributed by atoms with Gasteiger partial charge in [-0.2, -0.15) is 13.2 Å². The number of aliphatic hydroxyl groups excluding tert-OH is 1. The molecule has 0 bridgehead atoms. The van der Waals surface area contributed by atoms with Crippen molar-refractivity contribution < 1.29 is 23.0 Å². The number of hydrogen-bond donors (Lipinski definition) is 2. The quantitative estimate of drug-likeness (QED) is 0.872. The van der Waals surface area contributed by atoms with Crippen LogP contribution in [0.1, 0.15) is 5.56 Å². The highest BCUT2D eigenvalue weighted by molar-refractivity contribution is 5.45. The molecule has 2 rings (SSSR count). The van der Waals surface area contributed by atoms with E-state index in [1.54, 1.807) is 0 Å². The van der Waals surface area contributed by atoms with E-state index < -0.39 is 11.7 Å². The Morgan fingerprint density at radius 1 is 1.22 bits per heavy atom. The van der Waals surface area contributed by atoms with Crippen LogP contribution in [0.15, 0.2) is 24.3 Å². The molecule has 0 spiro atoms. The van der Waals surface area contributed by atoms with E-state index in [4.69, 9.17) is 4.74 Å². The first-order chi connectivity index (χ1) is 8.45. The molecule has 0 unspecified atom stereocenters. The zero-order valence-corrected chi connectivity index (χ0v) is 9.63. The first-order valence-corrected chi connectivity index (χ1v) is 5.55. The third kappa shape index (κ3) is 2.76. The van der Waals surface area contributed by atoms with E-state index in [1.165, 1.54) is 12.1 Å². The Bertz CT molecular complexity index is 393. The number of halogens is 3. The number of anilines is 1. The second-order valence-corrected chi connectivity index (χ2v) is 4.58. The van der Waals surface area contributed by atoms with Crippen LogP contribution in [0.2, 0.25) is 0 Å². The highest BCUT2D eigenvalue weighted by Gasteiger charge is 2.37. The summed E-state index contributed by atoms with van der Waals surface area (Å²) in [6, 6.07) is 4.83.